The van der Waals surface area contributed by atoms with Crippen molar-refractivity contribution in [1.82, 2.24) is 10.3 Å². The lowest BCUT2D eigenvalue weighted by Gasteiger charge is -2.28. The summed E-state index contributed by atoms with van der Waals surface area (Å²) >= 11 is 0. The largest absolute Gasteiger partial charge is 0.380 e. The molecule has 20 heavy (non-hydrogen) atoms. The Kier molecular flexibility index (Phi) is 3.23. The van der Waals surface area contributed by atoms with Crippen LogP contribution in [-0.2, 0) is 4.74 Å². The predicted molar refractivity (Wildman–Crippen MR) is 70.5 cm³/mol. The lowest BCUT2D eigenvalue weighted by atomic mass is 10.0. The molecule has 1 aliphatic heterocycles. The second-order valence-electron chi connectivity index (χ2n) is 4.90. The molecule has 1 aromatic heterocycles. The number of aromatic nitrogens is 2. The number of benzene rings is 1. The van der Waals surface area contributed by atoms with Gasteiger partial charge < -0.3 is 10.1 Å². The van der Waals surface area contributed by atoms with Crippen molar-refractivity contribution in [3.63, 3.8) is 0 Å². The zero-order chi connectivity index (χ0) is 14.1. The van der Waals surface area contributed by atoms with Gasteiger partial charge in [0.05, 0.1) is 16.7 Å². The number of anilines is 1. The van der Waals surface area contributed by atoms with Gasteiger partial charge in [0.25, 0.3) is 0 Å². The molecule has 1 fully saturated rings. The Labute approximate surface area is 114 Å². The molecule has 2 unspecified atom stereocenters. The van der Waals surface area contributed by atoms with Crippen LogP contribution in [0.1, 0.15) is 19.8 Å². The predicted octanol–water partition coefficient (Wildman–Crippen LogP) is 2.11. The maximum absolute atomic E-state index is 10.9. The van der Waals surface area contributed by atoms with Gasteiger partial charge in [0.15, 0.2) is 5.52 Å². The SMILES string of the molecule is CC1CC(Nc2ccc([N+](=O)[O-])c3nonc23)CCO1. The summed E-state index contributed by atoms with van der Waals surface area (Å²) in [5, 5.41) is 21.6. The maximum atomic E-state index is 10.9. The van der Waals surface area contributed by atoms with Gasteiger partial charge in [-0.2, -0.15) is 0 Å². The third-order valence-electron chi connectivity index (χ3n) is 3.44. The van der Waals surface area contributed by atoms with E-state index in [2.05, 4.69) is 20.3 Å². The smallest absolute Gasteiger partial charge is 0.300 e. The molecule has 8 nitrogen and oxygen atoms in total. The summed E-state index contributed by atoms with van der Waals surface area (Å²) in [5.74, 6) is 0. The van der Waals surface area contributed by atoms with Gasteiger partial charge in [-0.1, -0.05) is 0 Å². The second-order valence-corrected chi connectivity index (χ2v) is 4.90. The summed E-state index contributed by atoms with van der Waals surface area (Å²) < 4.78 is 10.1. The summed E-state index contributed by atoms with van der Waals surface area (Å²) in [5.41, 5.74) is 1.15. The fraction of sp³-hybridized carbons (Fsp3) is 0.500. The highest BCUT2D eigenvalue weighted by Crippen LogP contribution is 2.30. The Morgan fingerprint density at radius 3 is 2.95 bits per heavy atom. The van der Waals surface area contributed by atoms with Gasteiger partial charge in [-0.05, 0) is 36.1 Å². The van der Waals surface area contributed by atoms with Crippen molar-refractivity contribution < 1.29 is 14.3 Å². The topological polar surface area (TPSA) is 103 Å². The third kappa shape index (κ3) is 2.29. The van der Waals surface area contributed by atoms with Crippen LogP contribution in [0.2, 0.25) is 0 Å². The van der Waals surface area contributed by atoms with E-state index >= 15 is 0 Å². The highest BCUT2D eigenvalue weighted by Gasteiger charge is 2.23. The summed E-state index contributed by atoms with van der Waals surface area (Å²) in [7, 11) is 0. The van der Waals surface area contributed by atoms with Crippen molar-refractivity contribution in [2.24, 2.45) is 0 Å². The zero-order valence-corrected chi connectivity index (χ0v) is 10.9. The first-order valence-corrected chi connectivity index (χ1v) is 6.43. The molecule has 1 aliphatic rings. The summed E-state index contributed by atoms with van der Waals surface area (Å²) in [6.45, 7) is 2.73. The van der Waals surface area contributed by atoms with E-state index in [0.29, 0.717) is 17.8 Å². The van der Waals surface area contributed by atoms with E-state index in [1.165, 1.54) is 6.07 Å². The fourth-order valence-corrected chi connectivity index (χ4v) is 2.47. The average molecular weight is 278 g/mol. The van der Waals surface area contributed by atoms with Gasteiger partial charge in [-0.15, -0.1) is 0 Å². The lowest BCUT2D eigenvalue weighted by Crippen LogP contribution is -2.32. The van der Waals surface area contributed by atoms with Gasteiger partial charge in [0, 0.05) is 18.7 Å². The number of non-ortho nitro benzene ring substituents is 1. The summed E-state index contributed by atoms with van der Waals surface area (Å²) in [4.78, 5) is 10.4. The Balaban J connectivity index is 1.90. The Morgan fingerprint density at radius 1 is 1.40 bits per heavy atom. The molecular weight excluding hydrogens is 264 g/mol. The molecule has 2 heterocycles. The van der Waals surface area contributed by atoms with Crippen LogP contribution in [0, 0.1) is 10.1 Å². The first-order valence-electron chi connectivity index (χ1n) is 6.43. The van der Waals surface area contributed by atoms with Crippen molar-refractivity contribution in [3.8, 4) is 0 Å². The number of nitro benzene ring substituents is 1. The Bertz CT molecular complexity index is 641. The molecule has 1 saturated heterocycles. The molecule has 8 heteroatoms. The quantitative estimate of drug-likeness (QED) is 0.677. The molecule has 0 saturated carbocycles. The van der Waals surface area contributed by atoms with Crippen molar-refractivity contribution in [2.45, 2.75) is 31.9 Å². The number of hydrogen-bond acceptors (Lipinski definition) is 7. The van der Waals surface area contributed by atoms with Crippen molar-refractivity contribution in [3.05, 3.63) is 22.2 Å². The monoisotopic (exact) mass is 278 g/mol. The van der Waals surface area contributed by atoms with Crippen LogP contribution in [0.3, 0.4) is 0 Å². The van der Waals surface area contributed by atoms with E-state index in [1.807, 2.05) is 6.92 Å². The van der Waals surface area contributed by atoms with Crippen LogP contribution < -0.4 is 5.32 Å². The summed E-state index contributed by atoms with van der Waals surface area (Å²) in [6.07, 6.45) is 1.96. The van der Waals surface area contributed by atoms with Crippen LogP contribution >= 0.6 is 0 Å². The fourth-order valence-electron chi connectivity index (χ4n) is 2.47. The number of rotatable bonds is 3. The van der Waals surface area contributed by atoms with E-state index in [0.717, 1.165) is 12.8 Å². The van der Waals surface area contributed by atoms with Crippen molar-refractivity contribution in [2.75, 3.05) is 11.9 Å². The van der Waals surface area contributed by atoms with Crippen LogP contribution in [-0.4, -0.2) is 34.0 Å². The molecular formula is C12H14N4O4. The number of ether oxygens (including phenoxy) is 1. The number of nitro groups is 1. The Hall–Kier alpha value is -2.22. The zero-order valence-electron chi connectivity index (χ0n) is 10.9. The van der Waals surface area contributed by atoms with E-state index in [-0.39, 0.29) is 23.3 Å². The van der Waals surface area contributed by atoms with E-state index in [1.54, 1.807) is 6.07 Å². The molecule has 2 atom stereocenters. The van der Waals surface area contributed by atoms with Crippen molar-refractivity contribution >= 4 is 22.4 Å². The minimum Gasteiger partial charge on any atom is -0.380 e. The van der Waals surface area contributed by atoms with E-state index in [9.17, 15) is 10.1 Å². The van der Waals surface area contributed by atoms with Gasteiger partial charge in [-0.25, -0.2) is 4.63 Å². The molecule has 0 aliphatic carbocycles. The standard InChI is InChI=1S/C12H14N4O4/c1-7-6-8(4-5-19-7)13-9-2-3-10(16(17)18)12-11(9)14-20-15-12/h2-3,7-8,13H,4-6H2,1H3. The molecule has 0 radical (unpaired) electrons. The average Bonchev–Trinajstić information content (AvgIpc) is 2.88. The molecule has 106 valence electrons. The molecule has 3 rings (SSSR count). The van der Waals surface area contributed by atoms with Crippen LogP contribution in [0.4, 0.5) is 11.4 Å². The van der Waals surface area contributed by atoms with Crippen LogP contribution in [0.15, 0.2) is 16.8 Å². The minimum atomic E-state index is -0.493. The van der Waals surface area contributed by atoms with Gasteiger partial charge in [0.1, 0.15) is 0 Å². The molecule has 0 bridgehead atoms. The number of nitrogens with one attached hydrogen (secondary N) is 1. The first-order chi connectivity index (χ1) is 9.65. The number of fused-ring (bicyclic) bond motifs is 1. The third-order valence-corrected chi connectivity index (χ3v) is 3.44. The number of hydrogen-bond donors (Lipinski definition) is 1. The van der Waals surface area contributed by atoms with Crippen LogP contribution in [0.5, 0.6) is 0 Å². The van der Waals surface area contributed by atoms with Crippen molar-refractivity contribution in [1.29, 1.82) is 0 Å². The molecule has 0 spiro atoms. The highest BCUT2D eigenvalue weighted by molar-refractivity contribution is 5.93. The Morgan fingerprint density at radius 2 is 2.20 bits per heavy atom. The normalized spacial score (nSPS) is 22.9. The minimum absolute atomic E-state index is 0.104. The lowest BCUT2D eigenvalue weighted by molar-refractivity contribution is -0.383. The number of nitrogens with zero attached hydrogens (tertiary/aromatic N) is 3. The van der Waals surface area contributed by atoms with E-state index < -0.39 is 4.92 Å². The first kappa shape index (κ1) is 12.8. The highest BCUT2D eigenvalue weighted by atomic mass is 16.6. The molecule has 1 aromatic carbocycles. The van der Waals surface area contributed by atoms with Gasteiger partial charge >= 0.3 is 5.69 Å². The maximum Gasteiger partial charge on any atom is 0.300 e. The van der Waals surface area contributed by atoms with Crippen LogP contribution in [0.25, 0.3) is 11.0 Å². The van der Waals surface area contributed by atoms with Gasteiger partial charge in [-0.3, -0.25) is 10.1 Å². The van der Waals surface area contributed by atoms with E-state index in [4.69, 9.17) is 4.74 Å². The molecule has 2 aromatic rings. The molecule has 1 N–H and O–H groups in total. The van der Waals surface area contributed by atoms with Gasteiger partial charge in [0.2, 0.25) is 5.52 Å². The second kappa shape index (κ2) is 5.04. The summed E-state index contributed by atoms with van der Waals surface area (Å²) in [6, 6.07) is 3.31. The molecule has 0 amide bonds.